The fourth-order valence-electron chi connectivity index (χ4n) is 3.88. The summed E-state index contributed by atoms with van der Waals surface area (Å²) in [7, 11) is 1.57. The second-order valence-electron chi connectivity index (χ2n) is 7.75. The third kappa shape index (κ3) is 4.32. The number of aromatic nitrogens is 1. The van der Waals surface area contributed by atoms with E-state index in [4.69, 9.17) is 17.0 Å². The van der Waals surface area contributed by atoms with Crippen molar-refractivity contribution in [3.05, 3.63) is 80.2 Å². The van der Waals surface area contributed by atoms with Gasteiger partial charge in [-0.05, 0) is 121 Å². The number of amides is 2. The van der Waals surface area contributed by atoms with Gasteiger partial charge in [0.2, 0.25) is 0 Å². The standard InChI is InChI=1S/C25H22IN3O3S/c1-14-11-19(7-10-22(14)26)28-15(2)12-17(16(28)3)13-21-23(30)27-25(33)29(24(21)31)18-5-8-20(32-4)9-6-18/h5-13H,1-4H3,(H,27,30,33)/b21-13+. The summed E-state index contributed by atoms with van der Waals surface area (Å²) in [6.07, 6.45) is 1.63. The van der Waals surface area contributed by atoms with E-state index in [1.54, 1.807) is 37.5 Å². The van der Waals surface area contributed by atoms with Gasteiger partial charge in [-0.15, -0.1) is 0 Å². The van der Waals surface area contributed by atoms with Crippen LogP contribution >= 0.6 is 34.8 Å². The fraction of sp³-hybridized carbons (Fsp3) is 0.160. The summed E-state index contributed by atoms with van der Waals surface area (Å²) in [4.78, 5) is 27.4. The summed E-state index contributed by atoms with van der Waals surface area (Å²) in [6.45, 7) is 6.05. The minimum Gasteiger partial charge on any atom is -0.497 e. The number of hydrogen-bond donors (Lipinski definition) is 1. The summed E-state index contributed by atoms with van der Waals surface area (Å²) in [5.41, 5.74) is 5.54. The first-order valence-corrected chi connectivity index (χ1v) is 11.7. The van der Waals surface area contributed by atoms with E-state index in [9.17, 15) is 9.59 Å². The van der Waals surface area contributed by atoms with Crippen LogP contribution in [0.1, 0.15) is 22.5 Å². The van der Waals surface area contributed by atoms with Gasteiger partial charge in [-0.2, -0.15) is 0 Å². The second kappa shape index (κ2) is 9.11. The normalized spacial score (nSPS) is 15.2. The predicted molar refractivity (Wildman–Crippen MR) is 142 cm³/mol. The third-order valence-corrected chi connectivity index (χ3v) is 7.10. The molecule has 0 unspecified atom stereocenters. The molecule has 8 heteroatoms. The van der Waals surface area contributed by atoms with E-state index >= 15 is 0 Å². The Bertz CT molecular complexity index is 1330. The summed E-state index contributed by atoms with van der Waals surface area (Å²) in [5, 5.41) is 2.68. The number of carbonyl (C=O) groups excluding carboxylic acids is 2. The molecule has 2 aromatic carbocycles. The van der Waals surface area contributed by atoms with E-state index in [-0.39, 0.29) is 10.7 Å². The van der Waals surface area contributed by atoms with Gasteiger partial charge >= 0.3 is 0 Å². The van der Waals surface area contributed by atoms with Gasteiger partial charge in [-0.3, -0.25) is 19.8 Å². The molecule has 0 spiro atoms. The maximum absolute atomic E-state index is 13.3. The van der Waals surface area contributed by atoms with Gasteiger partial charge in [0, 0.05) is 20.6 Å². The highest BCUT2D eigenvalue weighted by Gasteiger charge is 2.34. The van der Waals surface area contributed by atoms with Gasteiger partial charge in [0.05, 0.1) is 12.8 Å². The molecule has 1 saturated heterocycles. The molecule has 1 aliphatic heterocycles. The molecular formula is C25H22IN3O3S. The van der Waals surface area contributed by atoms with Crippen LogP contribution in [0.3, 0.4) is 0 Å². The number of ether oxygens (including phenoxy) is 1. The Kier molecular flexibility index (Phi) is 6.40. The monoisotopic (exact) mass is 571 g/mol. The minimum atomic E-state index is -0.510. The number of hydrogen-bond acceptors (Lipinski definition) is 4. The molecule has 0 radical (unpaired) electrons. The summed E-state index contributed by atoms with van der Waals surface area (Å²) in [5.74, 6) is -0.319. The van der Waals surface area contributed by atoms with Crippen LogP contribution in [0, 0.1) is 24.3 Å². The lowest BCUT2D eigenvalue weighted by Crippen LogP contribution is -2.54. The van der Waals surface area contributed by atoms with Crippen molar-refractivity contribution in [1.82, 2.24) is 9.88 Å². The molecule has 0 bridgehead atoms. The summed E-state index contributed by atoms with van der Waals surface area (Å²) >= 11 is 7.60. The molecule has 2 amide bonds. The van der Waals surface area contributed by atoms with Crippen LogP contribution in [0.5, 0.6) is 5.75 Å². The Labute approximate surface area is 211 Å². The highest BCUT2D eigenvalue weighted by molar-refractivity contribution is 14.1. The lowest BCUT2D eigenvalue weighted by molar-refractivity contribution is -0.122. The third-order valence-electron chi connectivity index (χ3n) is 5.60. The Morgan fingerprint density at radius 3 is 2.30 bits per heavy atom. The van der Waals surface area contributed by atoms with E-state index in [1.165, 1.54) is 14.0 Å². The average molecular weight is 571 g/mol. The maximum atomic E-state index is 13.3. The van der Waals surface area contributed by atoms with Crippen LogP contribution in [0.4, 0.5) is 5.69 Å². The first-order valence-electron chi connectivity index (χ1n) is 10.2. The highest BCUT2D eigenvalue weighted by atomic mass is 127. The van der Waals surface area contributed by atoms with Crippen molar-refractivity contribution in [2.45, 2.75) is 20.8 Å². The van der Waals surface area contributed by atoms with Crippen molar-refractivity contribution in [2.24, 2.45) is 0 Å². The van der Waals surface area contributed by atoms with E-state index < -0.39 is 11.8 Å². The van der Waals surface area contributed by atoms with Crippen molar-refractivity contribution in [3.63, 3.8) is 0 Å². The molecule has 1 aliphatic rings. The lowest BCUT2D eigenvalue weighted by atomic mass is 10.1. The fourth-order valence-corrected chi connectivity index (χ4v) is 4.49. The Hall–Kier alpha value is -2.98. The second-order valence-corrected chi connectivity index (χ2v) is 9.30. The van der Waals surface area contributed by atoms with Gasteiger partial charge < -0.3 is 9.30 Å². The molecule has 3 aromatic rings. The number of nitrogens with one attached hydrogen (secondary N) is 1. The molecule has 0 saturated carbocycles. The number of carbonyl (C=O) groups is 2. The Balaban J connectivity index is 1.74. The number of rotatable bonds is 4. The van der Waals surface area contributed by atoms with E-state index in [0.717, 1.165) is 22.6 Å². The number of methoxy groups -OCH3 is 1. The van der Waals surface area contributed by atoms with Crippen LogP contribution < -0.4 is 15.0 Å². The number of thiocarbonyl (C=S) groups is 1. The zero-order valence-corrected chi connectivity index (χ0v) is 21.6. The molecule has 6 nitrogen and oxygen atoms in total. The van der Waals surface area contributed by atoms with E-state index in [2.05, 4.69) is 57.6 Å². The van der Waals surface area contributed by atoms with Crippen molar-refractivity contribution < 1.29 is 14.3 Å². The van der Waals surface area contributed by atoms with Gasteiger partial charge in [0.25, 0.3) is 11.8 Å². The zero-order valence-electron chi connectivity index (χ0n) is 18.6. The first kappa shape index (κ1) is 23.2. The van der Waals surface area contributed by atoms with E-state index in [0.29, 0.717) is 11.4 Å². The van der Waals surface area contributed by atoms with Crippen LogP contribution in [0.25, 0.3) is 11.8 Å². The van der Waals surface area contributed by atoms with Crippen molar-refractivity contribution in [1.29, 1.82) is 0 Å². The molecular weight excluding hydrogens is 549 g/mol. The zero-order chi connectivity index (χ0) is 23.9. The molecule has 0 atom stereocenters. The number of anilines is 1. The van der Waals surface area contributed by atoms with Crippen LogP contribution in [-0.4, -0.2) is 28.6 Å². The molecule has 33 heavy (non-hydrogen) atoms. The summed E-state index contributed by atoms with van der Waals surface area (Å²) in [6, 6.07) is 15.2. The largest absolute Gasteiger partial charge is 0.497 e. The lowest BCUT2D eigenvalue weighted by Gasteiger charge is -2.29. The molecule has 1 fully saturated rings. The number of aryl methyl sites for hydroxylation is 2. The molecule has 1 aromatic heterocycles. The van der Waals surface area contributed by atoms with Crippen molar-refractivity contribution >= 4 is 63.5 Å². The summed E-state index contributed by atoms with van der Waals surface area (Å²) < 4.78 is 8.50. The molecule has 168 valence electrons. The molecule has 4 rings (SSSR count). The predicted octanol–water partition coefficient (Wildman–Crippen LogP) is 4.85. The highest BCUT2D eigenvalue weighted by Crippen LogP contribution is 2.28. The first-order chi connectivity index (χ1) is 15.7. The molecule has 0 aliphatic carbocycles. The van der Waals surface area contributed by atoms with Gasteiger partial charge in [0.15, 0.2) is 5.11 Å². The van der Waals surface area contributed by atoms with Crippen molar-refractivity contribution in [2.75, 3.05) is 12.0 Å². The van der Waals surface area contributed by atoms with Crippen molar-refractivity contribution in [3.8, 4) is 11.4 Å². The number of halogens is 1. The minimum absolute atomic E-state index is 0.0264. The molecule has 1 N–H and O–H groups in total. The van der Waals surface area contributed by atoms with Gasteiger partial charge in [-0.1, -0.05) is 0 Å². The van der Waals surface area contributed by atoms with E-state index in [1.807, 2.05) is 19.9 Å². The van der Waals surface area contributed by atoms with Gasteiger partial charge in [-0.25, -0.2) is 0 Å². The van der Waals surface area contributed by atoms with Crippen LogP contribution in [-0.2, 0) is 9.59 Å². The average Bonchev–Trinajstić information content (AvgIpc) is 3.06. The van der Waals surface area contributed by atoms with Gasteiger partial charge in [0.1, 0.15) is 11.3 Å². The Morgan fingerprint density at radius 1 is 1.00 bits per heavy atom. The maximum Gasteiger partial charge on any atom is 0.270 e. The smallest absolute Gasteiger partial charge is 0.270 e. The molecule has 2 heterocycles. The Morgan fingerprint density at radius 2 is 1.67 bits per heavy atom. The van der Waals surface area contributed by atoms with Crippen LogP contribution in [0.15, 0.2) is 54.1 Å². The number of nitrogens with zero attached hydrogens (tertiary/aromatic N) is 2. The number of benzene rings is 2. The SMILES string of the molecule is COc1ccc(N2C(=O)/C(=C/c3cc(C)n(-c4ccc(I)c(C)c4)c3C)C(=O)NC2=S)cc1. The topological polar surface area (TPSA) is 63.6 Å². The quantitative estimate of drug-likeness (QED) is 0.211. The van der Waals surface area contributed by atoms with Crippen LogP contribution in [0.2, 0.25) is 0 Å².